The molecule has 1 saturated carbocycles. The second-order valence-electron chi connectivity index (χ2n) is 4.00. The zero-order valence-corrected chi connectivity index (χ0v) is 9.00. The Bertz CT molecular complexity index is 379. The van der Waals surface area contributed by atoms with Gasteiger partial charge in [-0.05, 0) is 43.9 Å². The molecule has 1 aromatic rings. The molecule has 0 aromatic heterocycles. The SMILES string of the molecule is C(#Cc1ccccc1)C=C1CCCCC1. The molecule has 15 heavy (non-hydrogen) atoms. The van der Waals surface area contributed by atoms with E-state index in [1.165, 1.54) is 37.7 Å². The quantitative estimate of drug-likeness (QED) is 0.551. The zero-order chi connectivity index (χ0) is 10.3. The van der Waals surface area contributed by atoms with Crippen molar-refractivity contribution in [1.82, 2.24) is 0 Å². The molecule has 0 N–H and O–H groups in total. The molecule has 0 saturated heterocycles. The van der Waals surface area contributed by atoms with E-state index in [2.05, 4.69) is 17.9 Å². The summed E-state index contributed by atoms with van der Waals surface area (Å²) in [6.07, 6.45) is 8.71. The van der Waals surface area contributed by atoms with E-state index in [-0.39, 0.29) is 0 Å². The van der Waals surface area contributed by atoms with Crippen molar-refractivity contribution in [2.75, 3.05) is 0 Å². The van der Waals surface area contributed by atoms with Crippen molar-refractivity contribution in [2.45, 2.75) is 32.1 Å². The first-order valence-corrected chi connectivity index (χ1v) is 5.70. The first-order valence-electron chi connectivity index (χ1n) is 5.70. The molecule has 0 radical (unpaired) electrons. The van der Waals surface area contributed by atoms with Crippen LogP contribution in [0.2, 0.25) is 0 Å². The van der Waals surface area contributed by atoms with E-state index in [0.29, 0.717) is 0 Å². The predicted molar refractivity (Wildman–Crippen MR) is 64.5 cm³/mol. The summed E-state index contributed by atoms with van der Waals surface area (Å²) < 4.78 is 0. The van der Waals surface area contributed by atoms with Crippen LogP contribution in [0.3, 0.4) is 0 Å². The van der Waals surface area contributed by atoms with Crippen molar-refractivity contribution >= 4 is 0 Å². The van der Waals surface area contributed by atoms with Crippen molar-refractivity contribution in [2.24, 2.45) is 0 Å². The van der Waals surface area contributed by atoms with Gasteiger partial charge < -0.3 is 0 Å². The Kier molecular flexibility index (Phi) is 3.63. The summed E-state index contributed by atoms with van der Waals surface area (Å²) in [5.74, 6) is 6.32. The van der Waals surface area contributed by atoms with Crippen molar-refractivity contribution in [1.29, 1.82) is 0 Å². The van der Waals surface area contributed by atoms with E-state index in [4.69, 9.17) is 0 Å². The van der Waals surface area contributed by atoms with E-state index >= 15 is 0 Å². The molecule has 0 spiro atoms. The van der Waals surface area contributed by atoms with Crippen molar-refractivity contribution < 1.29 is 0 Å². The van der Waals surface area contributed by atoms with Crippen molar-refractivity contribution in [3.63, 3.8) is 0 Å². The lowest BCUT2D eigenvalue weighted by Gasteiger charge is -2.11. The minimum Gasteiger partial charge on any atom is -0.0697 e. The standard InChI is InChI=1S/C15H16/c1-3-8-14(9-4-1)12-7-13-15-10-5-2-6-11-15/h1,3-4,8-9,13H,2,5-6,10-11H2. The van der Waals surface area contributed by atoms with Gasteiger partial charge in [-0.1, -0.05) is 42.0 Å². The van der Waals surface area contributed by atoms with Gasteiger partial charge in [0.15, 0.2) is 0 Å². The molecule has 76 valence electrons. The van der Waals surface area contributed by atoms with Crippen LogP contribution < -0.4 is 0 Å². The highest BCUT2D eigenvalue weighted by molar-refractivity contribution is 5.37. The third-order valence-electron chi connectivity index (χ3n) is 2.76. The van der Waals surface area contributed by atoms with Gasteiger partial charge in [0, 0.05) is 5.56 Å². The van der Waals surface area contributed by atoms with Gasteiger partial charge in [0.1, 0.15) is 0 Å². The lowest BCUT2D eigenvalue weighted by molar-refractivity contribution is 0.599. The van der Waals surface area contributed by atoms with Gasteiger partial charge in [0.25, 0.3) is 0 Å². The molecule has 0 bridgehead atoms. The minimum atomic E-state index is 1.10. The van der Waals surface area contributed by atoms with Gasteiger partial charge >= 0.3 is 0 Å². The highest BCUT2D eigenvalue weighted by Crippen LogP contribution is 2.22. The van der Waals surface area contributed by atoms with Crippen LogP contribution >= 0.6 is 0 Å². The van der Waals surface area contributed by atoms with Crippen molar-refractivity contribution in [3.05, 3.63) is 47.5 Å². The molecule has 1 fully saturated rings. The zero-order valence-electron chi connectivity index (χ0n) is 9.00. The minimum absolute atomic E-state index is 1.10. The van der Waals surface area contributed by atoms with Crippen LogP contribution in [0.15, 0.2) is 42.0 Å². The lowest BCUT2D eigenvalue weighted by atomic mass is 9.95. The lowest BCUT2D eigenvalue weighted by Crippen LogP contribution is -1.92. The summed E-state index contributed by atoms with van der Waals surface area (Å²) in [5.41, 5.74) is 2.63. The van der Waals surface area contributed by atoms with Crippen LogP contribution in [0.1, 0.15) is 37.7 Å². The molecule has 0 heterocycles. The molecule has 2 rings (SSSR count). The highest BCUT2D eigenvalue weighted by atomic mass is 14.1. The second-order valence-corrected chi connectivity index (χ2v) is 4.00. The Hall–Kier alpha value is -1.48. The molecule has 0 nitrogen and oxygen atoms in total. The Labute approximate surface area is 92.0 Å². The van der Waals surface area contributed by atoms with Gasteiger partial charge in [-0.25, -0.2) is 0 Å². The molecule has 0 heteroatoms. The fourth-order valence-electron chi connectivity index (χ4n) is 1.89. The van der Waals surface area contributed by atoms with Gasteiger partial charge in [-0.15, -0.1) is 0 Å². The Balaban J connectivity index is 2.00. The number of rotatable bonds is 0. The smallest absolute Gasteiger partial charge is 0.0248 e. The van der Waals surface area contributed by atoms with Crippen molar-refractivity contribution in [3.8, 4) is 11.8 Å². The van der Waals surface area contributed by atoms with Gasteiger partial charge in [0.2, 0.25) is 0 Å². The van der Waals surface area contributed by atoms with Crippen LogP contribution in [-0.2, 0) is 0 Å². The van der Waals surface area contributed by atoms with E-state index in [0.717, 1.165) is 5.56 Å². The Morgan fingerprint density at radius 1 is 0.933 bits per heavy atom. The average Bonchev–Trinajstić information content (AvgIpc) is 2.32. The predicted octanol–water partition coefficient (Wildman–Crippen LogP) is 3.93. The third-order valence-corrected chi connectivity index (χ3v) is 2.76. The number of hydrogen-bond acceptors (Lipinski definition) is 0. The van der Waals surface area contributed by atoms with Crippen LogP contribution in [0.25, 0.3) is 0 Å². The second kappa shape index (κ2) is 5.41. The van der Waals surface area contributed by atoms with E-state index in [9.17, 15) is 0 Å². The first kappa shape index (κ1) is 10.1. The molecular weight excluding hydrogens is 180 g/mol. The van der Waals surface area contributed by atoms with Crippen LogP contribution in [0.5, 0.6) is 0 Å². The van der Waals surface area contributed by atoms with E-state index in [1.54, 1.807) is 0 Å². The topological polar surface area (TPSA) is 0 Å². The third kappa shape index (κ3) is 3.29. The Morgan fingerprint density at radius 3 is 2.40 bits per heavy atom. The average molecular weight is 196 g/mol. The van der Waals surface area contributed by atoms with Gasteiger partial charge in [-0.3, -0.25) is 0 Å². The maximum Gasteiger partial charge on any atom is 0.0248 e. The molecule has 0 unspecified atom stereocenters. The fourth-order valence-corrected chi connectivity index (χ4v) is 1.89. The fraction of sp³-hybridized carbons (Fsp3) is 0.333. The molecule has 1 aliphatic carbocycles. The summed E-state index contributed by atoms with van der Waals surface area (Å²) in [4.78, 5) is 0. The van der Waals surface area contributed by atoms with E-state index in [1.807, 2.05) is 30.3 Å². The van der Waals surface area contributed by atoms with E-state index < -0.39 is 0 Å². The van der Waals surface area contributed by atoms with Gasteiger partial charge in [-0.2, -0.15) is 0 Å². The molecule has 1 aromatic carbocycles. The number of hydrogen-bond donors (Lipinski definition) is 0. The summed E-state index contributed by atoms with van der Waals surface area (Å²) in [5, 5.41) is 0. The highest BCUT2D eigenvalue weighted by Gasteiger charge is 2.03. The van der Waals surface area contributed by atoms with Crippen LogP contribution in [-0.4, -0.2) is 0 Å². The largest absolute Gasteiger partial charge is 0.0697 e. The summed E-state index contributed by atoms with van der Waals surface area (Å²) in [6.45, 7) is 0. The number of benzene rings is 1. The Morgan fingerprint density at radius 2 is 1.67 bits per heavy atom. The molecular formula is C15H16. The number of allylic oxidation sites excluding steroid dienone is 2. The van der Waals surface area contributed by atoms with Crippen LogP contribution in [0.4, 0.5) is 0 Å². The summed E-state index contributed by atoms with van der Waals surface area (Å²) >= 11 is 0. The normalized spacial score (nSPS) is 15.3. The summed E-state index contributed by atoms with van der Waals surface area (Å²) in [7, 11) is 0. The van der Waals surface area contributed by atoms with Crippen LogP contribution in [0, 0.1) is 11.8 Å². The maximum absolute atomic E-state index is 3.17. The monoisotopic (exact) mass is 196 g/mol. The van der Waals surface area contributed by atoms with Gasteiger partial charge in [0.05, 0.1) is 0 Å². The molecule has 0 atom stereocenters. The summed E-state index contributed by atoms with van der Waals surface area (Å²) in [6, 6.07) is 10.2. The first-order chi connectivity index (χ1) is 7.45. The molecule has 1 aliphatic rings. The molecule has 0 aliphatic heterocycles. The molecule has 0 amide bonds. The maximum atomic E-state index is 3.17.